The number of aryl methyl sites for hydroxylation is 1. The van der Waals surface area contributed by atoms with E-state index in [4.69, 9.17) is 0 Å². The van der Waals surface area contributed by atoms with Gasteiger partial charge in [0, 0.05) is 12.1 Å². The number of hydrogen-bond acceptors (Lipinski definition) is 1. The molecule has 3 rings (SSSR count). The van der Waals surface area contributed by atoms with E-state index in [1.807, 2.05) is 36.1 Å². The van der Waals surface area contributed by atoms with E-state index < -0.39 is 0 Å². The number of halogens is 1. The van der Waals surface area contributed by atoms with Gasteiger partial charge in [-0.25, -0.2) is 4.39 Å². The zero-order valence-electron chi connectivity index (χ0n) is 12.1. The second-order valence-electron chi connectivity index (χ2n) is 5.57. The molecule has 0 spiro atoms. The molecule has 0 bridgehead atoms. The number of benzene rings is 2. The van der Waals surface area contributed by atoms with Crippen LogP contribution in [0, 0.1) is 12.7 Å². The molecule has 0 aromatic heterocycles. The molecule has 2 nitrogen and oxygen atoms in total. The van der Waals surface area contributed by atoms with E-state index in [1.54, 1.807) is 12.1 Å². The first kappa shape index (κ1) is 13.8. The normalized spacial score (nSPS) is 18.0. The lowest BCUT2D eigenvalue weighted by Crippen LogP contribution is -2.30. The van der Waals surface area contributed by atoms with Gasteiger partial charge in [0.2, 0.25) is 0 Å². The molecular weight excluding hydrogens is 265 g/mol. The summed E-state index contributed by atoms with van der Waals surface area (Å²) in [6.45, 7) is 2.76. The van der Waals surface area contributed by atoms with Gasteiger partial charge in [0.05, 0.1) is 6.04 Å². The second-order valence-corrected chi connectivity index (χ2v) is 5.57. The minimum absolute atomic E-state index is 0.0550. The van der Waals surface area contributed by atoms with Gasteiger partial charge in [0.15, 0.2) is 0 Å². The molecule has 1 aliphatic rings. The van der Waals surface area contributed by atoms with Crippen LogP contribution in [0.2, 0.25) is 0 Å². The third-order valence-corrected chi connectivity index (χ3v) is 4.07. The highest BCUT2D eigenvalue weighted by Gasteiger charge is 2.30. The smallest absolute Gasteiger partial charge is 0.254 e. The van der Waals surface area contributed by atoms with Crippen LogP contribution in [0.3, 0.4) is 0 Å². The Balaban J connectivity index is 1.85. The predicted octanol–water partition coefficient (Wildman–Crippen LogP) is 4.11. The SMILES string of the molecule is Cc1ccc(C(=O)N2CCCC2c2ccc(F)cc2)cc1. The lowest BCUT2D eigenvalue weighted by Gasteiger charge is -2.25. The minimum atomic E-state index is -0.242. The summed E-state index contributed by atoms with van der Waals surface area (Å²) < 4.78 is 13.1. The van der Waals surface area contributed by atoms with Gasteiger partial charge >= 0.3 is 0 Å². The lowest BCUT2D eigenvalue weighted by molar-refractivity contribution is 0.0735. The van der Waals surface area contributed by atoms with Crippen LogP contribution in [0.15, 0.2) is 48.5 Å². The summed E-state index contributed by atoms with van der Waals surface area (Å²) in [5.74, 6) is -0.185. The molecule has 0 radical (unpaired) electrons. The van der Waals surface area contributed by atoms with E-state index in [9.17, 15) is 9.18 Å². The van der Waals surface area contributed by atoms with Gasteiger partial charge in [0.1, 0.15) is 5.82 Å². The van der Waals surface area contributed by atoms with Gasteiger partial charge in [-0.15, -0.1) is 0 Å². The molecule has 21 heavy (non-hydrogen) atoms. The van der Waals surface area contributed by atoms with Crippen molar-refractivity contribution < 1.29 is 9.18 Å². The van der Waals surface area contributed by atoms with Crippen LogP contribution in [-0.4, -0.2) is 17.4 Å². The first-order valence-electron chi connectivity index (χ1n) is 7.28. The van der Waals surface area contributed by atoms with Crippen molar-refractivity contribution in [1.29, 1.82) is 0 Å². The van der Waals surface area contributed by atoms with Crippen molar-refractivity contribution in [3.05, 3.63) is 71.0 Å². The number of carbonyl (C=O) groups is 1. The number of nitrogens with zero attached hydrogens (tertiary/aromatic N) is 1. The van der Waals surface area contributed by atoms with Crippen molar-refractivity contribution in [2.45, 2.75) is 25.8 Å². The summed E-state index contributed by atoms with van der Waals surface area (Å²) in [4.78, 5) is 14.6. The zero-order chi connectivity index (χ0) is 14.8. The molecule has 2 aromatic carbocycles. The maximum Gasteiger partial charge on any atom is 0.254 e. The molecular formula is C18H18FNO. The van der Waals surface area contributed by atoms with Crippen molar-refractivity contribution in [3.8, 4) is 0 Å². The molecule has 1 heterocycles. The molecule has 1 saturated heterocycles. The highest BCUT2D eigenvalue weighted by molar-refractivity contribution is 5.94. The summed E-state index contributed by atoms with van der Waals surface area (Å²) in [6.07, 6.45) is 1.92. The number of hydrogen-bond donors (Lipinski definition) is 0. The second kappa shape index (κ2) is 5.68. The summed E-state index contributed by atoms with van der Waals surface area (Å²) in [5.41, 5.74) is 2.87. The van der Waals surface area contributed by atoms with Gasteiger partial charge in [-0.1, -0.05) is 29.8 Å². The zero-order valence-corrected chi connectivity index (χ0v) is 12.1. The molecule has 3 heteroatoms. The molecule has 1 atom stereocenters. The first-order valence-corrected chi connectivity index (χ1v) is 7.28. The Kier molecular flexibility index (Phi) is 3.74. The molecule has 1 unspecified atom stereocenters. The van der Waals surface area contributed by atoms with Crippen LogP contribution in [-0.2, 0) is 0 Å². The standard InChI is InChI=1S/C18H18FNO/c1-13-4-6-15(7-5-13)18(21)20-12-2-3-17(20)14-8-10-16(19)11-9-14/h4-11,17H,2-3,12H2,1H3. The first-order chi connectivity index (χ1) is 10.1. The van der Waals surface area contributed by atoms with Crippen molar-refractivity contribution >= 4 is 5.91 Å². The fourth-order valence-corrected chi connectivity index (χ4v) is 2.90. The van der Waals surface area contributed by atoms with E-state index in [-0.39, 0.29) is 17.8 Å². The Hall–Kier alpha value is -2.16. The van der Waals surface area contributed by atoms with Crippen LogP contribution in [0.1, 0.15) is 40.4 Å². The predicted molar refractivity (Wildman–Crippen MR) is 80.6 cm³/mol. The molecule has 108 valence electrons. The van der Waals surface area contributed by atoms with Gasteiger partial charge in [-0.2, -0.15) is 0 Å². The number of amides is 1. The highest BCUT2D eigenvalue weighted by atomic mass is 19.1. The third kappa shape index (κ3) is 2.82. The Bertz CT molecular complexity index is 633. The summed E-state index contributed by atoms with van der Waals surface area (Å²) in [7, 11) is 0. The molecule has 1 aliphatic heterocycles. The molecule has 2 aromatic rings. The average Bonchev–Trinajstić information content (AvgIpc) is 2.97. The van der Waals surface area contributed by atoms with Crippen molar-refractivity contribution in [1.82, 2.24) is 4.90 Å². The Labute approximate surface area is 124 Å². The van der Waals surface area contributed by atoms with E-state index >= 15 is 0 Å². The Morgan fingerprint density at radius 2 is 1.76 bits per heavy atom. The molecule has 0 N–H and O–H groups in total. The van der Waals surface area contributed by atoms with Crippen molar-refractivity contribution in [2.24, 2.45) is 0 Å². The van der Waals surface area contributed by atoms with E-state index in [2.05, 4.69) is 0 Å². The van der Waals surface area contributed by atoms with Crippen LogP contribution in [0.4, 0.5) is 4.39 Å². The molecule has 1 amide bonds. The number of rotatable bonds is 2. The van der Waals surface area contributed by atoms with Crippen molar-refractivity contribution in [3.63, 3.8) is 0 Å². The number of likely N-dealkylation sites (tertiary alicyclic amines) is 1. The van der Waals surface area contributed by atoms with Crippen molar-refractivity contribution in [2.75, 3.05) is 6.54 Å². The van der Waals surface area contributed by atoms with Crippen LogP contribution < -0.4 is 0 Å². The van der Waals surface area contributed by atoms with Crippen LogP contribution in [0.5, 0.6) is 0 Å². The summed E-state index contributed by atoms with van der Waals surface area (Å²) in [5, 5.41) is 0. The van der Waals surface area contributed by atoms with Gasteiger partial charge < -0.3 is 4.90 Å². The monoisotopic (exact) mass is 283 g/mol. The van der Waals surface area contributed by atoms with E-state index in [0.717, 1.165) is 36.1 Å². The molecule has 0 aliphatic carbocycles. The van der Waals surface area contributed by atoms with Gasteiger partial charge in [-0.3, -0.25) is 4.79 Å². The fourth-order valence-electron chi connectivity index (χ4n) is 2.90. The molecule has 1 fully saturated rings. The average molecular weight is 283 g/mol. The van der Waals surface area contributed by atoms with Crippen LogP contribution in [0.25, 0.3) is 0 Å². The largest absolute Gasteiger partial charge is 0.332 e. The van der Waals surface area contributed by atoms with E-state index in [0.29, 0.717) is 0 Å². The number of carbonyl (C=O) groups excluding carboxylic acids is 1. The topological polar surface area (TPSA) is 20.3 Å². The summed E-state index contributed by atoms with van der Waals surface area (Å²) in [6, 6.07) is 14.2. The third-order valence-electron chi connectivity index (χ3n) is 4.07. The minimum Gasteiger partial charge on any atom is -0.332 e. The summed E-state index contributed by atoms with van der Waals surface area (Å²) >= 11 is 0. The van der Waals surface area contributed by atoms with E-state index in [1.165, 1.54) is 12.1 Å². The Morgan fingerprint density at radius 1 is 1.10 bits per heavy atom. The maximum absolute atomic E-state index is 13.1. The fraction of sp³-hybridized carbons (Fsp3) is 0.278. The van der Waals surface area contributed by atoms with Gasteiger partial charge in [0.25, 0.3) is 5.91 Å². The Morgan fingerprint density at radius 3 is 2.43 bits per heavy atom. The lowest BCUT2D eigenvalue weighted by atomic mass is 10.0. The van der Waals surface area contributed by atoms with Gasteiger partial charge in [-0.05, 0) is 49.6 Å². The highest BCUT2D eigenvalue weighted by Crippen LogP contribution is 2.33. The quantitative estimate of drug-likeness (QED) is 0.812. The van der Waals surface area contributed by atoms with Crippen LogP contribution >= 0.6 is 0 Å². The maximum atomic E-state index is 13.1. The molecule has 0 saturated carbocycles.